The average molecular weight is 240 g/mol. The molecule has 0 saturated carbocycles. The van der Waals surface area contributed by atoms with E-state index in [0.717, 1.165) is 5.56 Å². The molecule has 0 fully saturated rings. The summed E-state index contributed by atoms with van der Waals surface area (Å²) in [4.78, 5) is 8.06. The van der Waals surface area contributed by atoms with Crippen LogP contribution in [0.5, 0.6) is 0 Å². The summed E-state index contributed by atoms with van der Waals surface area (Å²) in [5.41, 5.74) is 6.87. The summed E-state index contributed by atoms with van der Waals surface area (Å²) in [5, 5.41) is 0.942. The second-order valence-electron chi connectivity index (χ2n) is 2.93. The third-order valence-electron chi connectivity index (χ3n) is 1.88. The van der Waals surface area contributed by atoms with Crippen LogP contribution in [0.25, 0.3) is 11.3 Å². The van der Waals surface area contributed by atoms with Gasteiger partial charge >= 0.3 is 0 Å². The molecule has 0 aliphatic rings. The summed E-state index contributed by atoms with van der Waals surface area (Å²) in [6, 6.07) is 5.33. The molecule has 15 heavy (non-hydrogen) atoms. The predicted octanol–water partition coefficient (Wildman–Crippen LogP) is 3.03. The van der Waals surface area contributed by atoms with E-state index in [4.69, 9.17) is 28.9 Å². The number of aromatic nitrogens is 2. The Morgan fingerprint density at radius 3 is 2.67 bits per heavy atom. The van der Waals surface area contributed by atoms with Crippen molar-refractivity contribution in [1.29, 1.82) is 0 Å². The first kappa shape index (κ1) is 10.2. The molecule has 1 aromatic carbocycles. The topological polar surface area (TPSA) is 51.8 Å². The molecule has 0 atom stereocenters. The number of benzene rings is 1. The van der Waals surface area contributed by atoms with Gasteiger partial charge in [0.05, 0.1) is 28.1 Å². The lowest BCUT2D eigenvalue weighted by atomic mass is 10.1. The molecule has 0 aliphatic carbocycles. The maximum Gasteiger partial charge on any atom is 0.142 e. The van der Waals surface area contributed by atoms with Crippen molar-refractivity contribution in [3.05, 3.63) is 40.6 Å². The molecule has 0 unspecified atom stereocenters. The number of hydrogen-bond acceptors (Lipinski definition) is 3. The summed E-state index contributed by atoms with van der Waals surface area (Å²) in [7, 11) is 0. The van der Waals surface area contributed by atoms with Crippen LogP contribution >= 0.6 is 23.2 Å². The molecule has 1 heterocycles. The molecule has 0 radical (unpaired) electrons. The van der Waals surface area contributed by atoms with Gasteiger partial charge in [0, 0.05) is 5.56 Å². The van der Waals surface area contributed by atoms with Gasteiger partial charge in [-0.1, -0.05) is 35.3 Å². The van der Waals surface area contributed by atoms with Gasteiger partial charge in [0.1, 0.15) is 5.82 Å². The van der Waals surface area contributed by atoms with Crippen LogP contribution in [0.15, 0.2) is 30.6 Å². The molecule has 0 amide bonds. The minimum Gasteiger partial charge on any atom is -0.382 e. The fourth-order valence-corrected chi connectivity index (χ4v) is 1.61. The largest absolute Gasteiger partial charge is 0.382 e. The summed E-state index contributed by atoms with van der Waals surface area (Å²) < 4.78 is 0. The fourth-order valence-electron chi connectivity index (χ4n) is 1.21. The van der Waals surface area contributed by atoms with Gasteiger partial charge in [-0.2, -0.15) is 0 Å². The van der Waals surface area contributed by atoms with E-state index in [9.17, 15) is 0 Å². The molecular weight excluding hydrogens is 233 g/mol. The molecule has 2 rings (SSSR count). The van der Waals surface area contributed by atoms with E-state index in [1.165, 1.54) is 6.20 Å². The lowest BCUT2D eigenvalue weighted by molar-refractivity contribution is 1.22. The van der Waals surface area contributed by atoms with Gasteiger partial charge in [0.15, 0.2) is 0 Å². The monoisotopic (exact) mass is 239 g/mol. The first-order valence-electron chi connectivity index (χ1n) is 4.20. The molecule has 0 saturated heterocycles. The minimum absolute atomic E-state index is 0.351. The number of anilines is 1. The second-order valence-corrected chi connectivity index (χ2v) is 3.72. The Hall–Kier alpha value is -1.32. The van der Waals surface area contributed by atoms with E-state index in [1.807, 2.05) is 6.07 Å². The van der Waals surface area contributed by atoms with Gasteiger partial charge in [-0.3, -0.25) is 4.98 Å². The second kappa shape index (κ2) is 4.04. The van der Waals surface area contributed by atoms with Crippen molar-refractivity contribution in [2.24, 2.45) is 0 Å². The first-order valence-corrected chi connectivity index (χ1v) is 4.96. The highest BCUT2D eigenvalue weighted by molar-refractivity contribution is 6.43. The number of nitrogens with zero attached hydrogens (tertiary/aromatic N) is 2. The maximum atomic E-state index is 6.04. The Bertz CT molecular complexity index is 500. The lowest BCUT2D eigenvalue weighted by Crippen LogP contribution is -1.93. The summed E-state index contributed by atoms with van der Waals surface area (Å²) in [5.74, 6) is 0.351. The standard InChI is InChI=1S/C10H7Cl2N3/c11-7-3-1-2-6(10(7)12)8-4-14-5-9(13)15-8/h1-5H,(H2,13,15). The van der Waals surface area contributed by atoms with Crippen LogP contribution in [0, 0.1) is 0 Å². The highest BCUT2D eigenvalue weighted by atomic mass is 35.5. The number of rotatable bonds is 1. The molecule has 0 spiro atoms. The van der Waals surface area contributed by atoms with Gasteiger partial charge in [-0.05, 0) is 6.07 Å². The zero-order valence-electron chi connectivity index (χ0n) is 7.61. The molecule has 0 aliphatic heterocycles. The lowest BCUT2D eigenvalue weighted by Gasteiger charge is -2.04. The number of nitrogens with two attached hydrogens (primary N) is 1. The first-order chi connectivity index (χ1) is 7.18. The third kappa shape index (κ3) is 2.03. The normalized spacial score (nSPS) is 10.3. The third-order valence-corrected chi connectivity index (χ3v) is 2.70. The van der Waals surface area contributed by atoms with E-state index in [0.29, 0.717) is 21.6 Å². The van der Waals surface area contributed by atoms with Crippen LogP contribution in [0.1, 0.15) is 0 Å². The zero-order chi connectivity index (χ0) is 10.8. The molecule has 2 aromatic rings. The summed E-state index contributed by atoms with van der Waals surface area (Å²) in [6.45, 7) is 0. The SMILES string of the molecule is Nc1cncc(-c2cccc(Cl)c2Cl)n1. The molecule has 1 aromatic heterocycles. The van der Waals surface area contributed by atoms with Crippen LogP contribution in [-0.4, -0.2) is 9.97 Å². The highest BCUT2D eigenvalue weighted by Gasteiger charge is 2.08. The molecule has 3 nitrogen and oxygen atoms in total. The van der Waals surface area contributed by atoms with Crippen molar-refractivity contribution in [3.8, 4) is 11.3 Å². The van der Waals surface area contributed by atoms with Gasteiger partial charge in [-0.15, -0.1) is 0 Å². The molecule has 2 N–H and O–H groups in total. The minimum atomic E-state index is 0.351. The van der Waals surface area contributed by atoms with Crippen LogP contribution in [0.4, 0.5) is 5.82 Å². The molecule has 76 valence electrons. The van der Waals surface area contributed by atoms with E-state index in [-0.39, 0.29) is 0 Å². The van der Waals surface area contributed by atoms with Crippen molar-refractivity contribution in [2.75, 3.05) is 5.73 Å². The van der Waals surface area contributed by atoms with Crippen molar-refractivity contribution in [3.63, 3.8) is 0 Å². The molecule has 0 bridgehead atoms. The average Bonchev–Trinajstić information content (AvgIpc) is 2.22. The van der Waals surface area contributed by atoms with Gasteiger partial charge in [0.2, 0.25) is 0 Å². The number of hydrogen-bond donors (Lipinski definition) is 1. The Morgan fingerprint density at radius 1 is 1.13 bits per heavy atom. The molecular formula is C10H7Cl2N3. The number of halogens is 2. The summed E-state index contributed by atoms with van der Waals surface area (Å²) in [6.07, 6.45) is 3.07. The van der Waals surface area contributed by atoms with Crippen LogP contribution in [-0.2, 0) is 0 Å². The van der Waals surface area contributed by atoms with Gasteiger partial charge in [0.25, 0.3) is 0 Å². The number of nitrogen functional groups attached to an aromatic ring is 1. The van der Waals surface area contributed by atoms with Crippen LogP contribution < -0.4 is 5.73 Å². The van der Waals surface area contributed by atoms with Crippen molar-refractivity contribution < 1.29 is 0 Å². The quantitative estimate of drug-likeness (QED) is 0.833. The summed E-state index contributed by atoms with van der Waals surface area (Å²) >= 11 is 11.9. The van der Waals surface area contributed by atoms with Crippen LogP contribution in [0.3, 0.4) is 0 Å². The van der Waals surface area contributed by atoms with E-state index in [1.54, 1.807) is 18.3 Å². The van der Waals surface area contributed by atoms with Gasteiger partial charge < -0.3 is 5.73 Å². The smallest absolute Gasteiger partial charge is 0.142 e. The van der Waals surface area contributed by atoms with E-state index < -0.39 is 0 Å². The maximum absolute atomic E-state index is 6.04. The van der Waals surface area contributed by atoms with Gasteiger partial charge in [-0.25, -0.2) is 4.98 Å². The van der Waals surface area contributed by atoms with Crippen molar-refractivity contribution in [1.82, 2.24) is 9.97 Å². The van der Waals surface area contributed by atoms with E-state index in [2.05, 4.69) is 9.97 Å². The molecule has 5 heteroatoms. The Balaban J connectivity index is 2.59. The van der Waals surface area contributed by atoms with Crippen LogP contribution in [0.2, 0.25) is 10.0 Å². The predicted molar refractivity (Wildman–Crippen MR) is 61.9 cm³/mol. The van der Waals surface area contributed by atoms with Crippen molar-refractivity contribution >= 4 is 29.0 Å². The highest BCUT2D eigenvalue weighted by Crippen LogP contribution is 2.32. The Morgan fingerprint density at radius 2 is 1.93 bits per heavy atom. The Kier molecular flexibility index (Phi) is 2.75. The fraction of sp³-hybridized carbons (Fsp3) is 0. The van der Waals surface area contributed by atoms with E-state index >= 15 is 0 Å². The zero-order valence-corrected chi connectivity index (χ0v) is 9.13. The van der Waals surface area contributed by atoms with Crippen molar-refractivity contribution in [2.45, 2.75) is 0 Å². The Labute approximate surface area is 96.9 Å².